The van der Waals surface area contributed by atoms with E-state index in [2.05, 4.69) is 33.5 Å². The van der Waals surface area contributed by atoms with E-state index in [-0.39, 0.29) is 0 Å². The van der Waals surface area contributed by atoms with Gasteiger partial charge in [0, 0.05) is 19.8 Å². The van der Waals surface area contributed by atoms with Crippen molar-refractivity contribution in [1.29, 1.82) is 0 Å². The first kappa shape index (κ1) is 11.4. The van der Waals surface area contributed by atoms with Crippen molar-refractivity contribution in [3.05, 3.63) is 35.7 Å². The van der Waals surface area contributed by atoms with Gasteiger partial charge in [0.2, 0.25) is 0 Å². The standard InChI is InChI=1S/C13H14N4S/c1-14-7-13-15-6-12(18-13)9-3-4-11-10(5-9)16-8-17(11)2/h3-6,8,14H,7H2,1-2H3. The lowest BCUT2D eigenvalue weighted by molar-refractivity contribution is 0.810. The van der Waals surface area contributed by atoms with Gasteiger partial charge in [0.05, 0.1) is 22.2 Å². The minimum absolute atomic E-state index is 0.816. The van der Waals surface area contributed by atoms with Crippen LogP contribution in [0.25, 0.3) is 21.5 Å². The fourth-order valence-electron chi connectivity index (χ4n) is 1.97. The van der Waals surface area contributed by atoms with Crippen molar-refractivity contribution in [3.8, 4) is 10.4 Å². The third-order valence-corrected chi connectivity index (χ3v) is 3.94. The largest absolute Gasteiger partial charge is 0.334 e. The molecular formula is C13H14N4S. The van der Waals surface area contributed by atoms with Crippen molar-refractivity contribution in [2.75, 3.05) is 7.05 Å². The maximum Gasteiger partial charge on any atom is 0.107 e. The van der Waals surface area contributed by atoms with E-state index in [1.807, 2.05) is 31.2 Å². The Morgan fingerprint density at radius 3 is 3.06 bits per heavy atom. The number of nitrogens with zero attached hydrogens (tertiary/aromatic N) is 3. The minimum atomic E-state index is 0.816. The van der Waals surface area contributed by atoms with E-state index in [0.717, 1.165) is 22.6 Å². The van der Waals surface area contributed by atoms with Crippen LogP contribution in [0.5, 0.6) is 0 Å². The average Bonchev–Trinajstić information content (AvgIpc) is 2.97. The summed E-state index contributed by atoms with van der Waals surface area (Å²) < 4.78 is 2.03. The lowest BCUT2D eigenvalue weighted by Crippen LogP contribution is -2.03. The zero-order chi connectivity index (χ0) is 12.5. The van der Waals surface area contributed by atoms with Crippen LogP contribution in [-0.4, -0.2) is 21.6 Å². The molecular weight excluding hydrogens is 244 g/mol. The minimum Gasteiger partial charge on any atom is -0.334 e. The highest BCUT2D eigenvalue weighted by molar-refractivity contribution is 7.15. The molecule has 0 spiro atoms. The normalized spacial score (nSPS) is 11.2. The van der Waals surface area contributed by atoms with Gasteiger partial charge in [-0.1, -0.05) is 6.07 Å². The van der Waals surface area contributed by atoms with E-state index < -0.39 is 0 Å². The molecule has 4 nitrogen and oxygen atoms in total. The summed E-state index contributed by atoms with van der Waals surface area (Å²) in [7, 11) is 3.94. The molecule has 2 heterocycles. The van der Waals surface area contributed by atoms with Gasteiger partial charge in [0.15, 0.2) is 0 Å². The molecule has 0 aliphatic rings. The lowest BCUT2D eigenvalue weighted by atomic mass is 10.2. The fraction of sp³-hybridized carbons (Fsp3) is 0.231. The van der Waals surface area contributed by atoms with Gasteiger partial charge >= 0.3 is 0 Å². The first-order chi connectivity index (χ1) is 8.78. The molecule has 0 atom stereocenters. The molecule has 1 N–H and O–H groups in total. The summed E-state index contributed by atoms with van der Waals surface area (Å²) in [6.07, 6.45) is 3.77. The van der Waals surface area contributed by atoms with Crippen LogP contribution in [0.4, 0.5) is 0 Å². The number of thiazole rings is 1. The molecule has 0 aliphatic carbocycles. The molecule has 0 radical (unpaired) electrons. The Hall–Kier alpha value is -1.72. The van der Waals surface area contributed by atoms with Gasteiger partial charge in [-0.3, -0.25) is 0 Å². The smallest absolute Gasteiger partial charge is 0.107 e. The Labute approximate surface area is 109 Å². The molecule has 5 heteroatoms. The zero-order valence-corrected chi connectivity index (χ0v) is 11.2. The van der Waals surface area contributed by atoms with Gasteiger partial charge < -0.3 is 9.88 Å². The molecule has 92 valence electrons. The van der Waals surface area contributed by atoms with Gasteiger partial charge in [-0.25, -0.2) is 9.97 Å². The van der Waals surface area contributed by atoms with E-state index >= 15 is 0 Å². The summed E-state index contributed by atoms with van der Waals surface area (Å²) in [5.41, 5.74) is 3.36. The number of imidazole rings is 1. The maximum atomic E-state index is 4.40. The third-order valence-electron chi connectivity index (χ3n) is 2.89. The van der Waals surface area contributed by atoms with Gasteiger partial charge in [0.25, 0.3) is 0 Å². The molecule has 2 aromatic heterocycles. The Morgan fingerprint density at radius 1 is 1.33 bits per heavy atom. The van der Waals surface area contributed by atoms with Crippen molar-refractivity contribution in [1.82, 2.24) is 19.9 Å². The van der Waals surface area contributed by atoms with Crippen LogP contribution < -0.4 is 5.32 Å². The maximum absolute atomic E-state index is 4.40. The second-order valence-electron chi connectivity index (χ2n) is 4.21. The van der Waals surface area contributed by atoms with Crippen molar-refractivity contribution < 1.29 is 0 Å². The van der Waals surface area contributed by atoms with Crippen LogP contribution in [0.15, 0.2) is 30.7 Å². The van der Waals surface area contributed by atoms with Crippen LogP contribution in [0.3, 0.4) is 0 Å². The fourth-order valence-corrected chi connectivity index (χ4v) is 2.89. The molecule has 0 saturated heterocycles. The Kier molecular flexibility index (Phi) is 2.85. The molecule has 0 bridgehead atoms. The highest BCUT2D eigenvalue weighted by atomic mass is 32.1. The molecule has 0 amide bonds. The van der Waals surface area contributed by atoms with Gasteiger partial charge in [-0.05, 0) is 24.7 Å². The van der Waals surface area contributed by atoms with Gasteiger partial charge in [-0.2, -0.15) is 0 Å². The quantitative estimate of drug-likeness (QED) is 0.784. The Bertz CT molecular complexity index is 683. The Balaban J connectivity index is 2.02. The molecule has 0 fully saturated rings. The van der Waals surface area contributed by atoms with E-state index in [1.165, 1.54) is 10.4 Å². The van der Waals surface area contributed by atoms with Crippen LogP contribution in [0.2, 0.25) is 0 Å². The summed E-state index contributed by atoms with van der Waals surface area (Å²) in [6, 6.07) is 6.35. The molecule has 0 aliphatic heterocycles. The average molecular weight is 258 g/mol. The molecule has 0 saturated carbocycles. The second kappa shape index (κ2) is 4.51. The Morgan fingerprint density at radius 2 is 2.22 bits per heavy atom. The van der Waals surface area contributed by atoms with Crippen LogP contribution >= 0.6 is 11.3 Å². The molecule has 3 aromatic rings. The van der Waals surface area contributed by atoms with E-state index in [1.54, 1.807) is 11.3 Å². The number of benzene rings is 1. The van der Waals surface area contributed by atoms with E-state index in [4.69, 9.17) is 0 Å². The number of rotatable bonds is 3. The SMILES string of the molecule is CNCc1ncc(-c2ccc3c(c2)ncn3C)s1. The number of aryl methyl sites for hydroxylation is 1. The van der Waals surface area contributed by atoms with Crippen LogP contribution in [0.1, 0.15) is 5.01 Å². The monoisotopic (exact) mass is 258 g/mol. The summed E-state index contributed by atoms with van der Waals surface area (Å²) in [5, 5.41) is 4.22. The van der Waals surface area contributed by atoms with E-state index in [9.17, 15) is 0 Å². The summed E-state index contributed by atoms with van der Waals surface area (Å²) in [6.45, 7) is 0.816. The predicted molar refractivity (Wildman–Crippen MR) is 74.6 cm³/mol. The topological polar surface area (TPSA) is 42.7 Å². The third kappa shape index (κ3) is 1.91. The van der Waals surface area contributed by atoms with Crippen molar-refractivity contribution in [2.45, 2.75) is 6.54 Å². The molecule has 3 rings (SSSR count). The number of hydrogen-bond acceptors (Lipinski definition) is 4. The van der Waals surface area contributed by atoms with Gasteiger partial charge in [-0.15, -0.1) is 11.3 Å². The second-order valence-corrected chi connectivity index (χ2v) is 5.32. The highest BCUT2D eigenvalue weighted by Gasteiger charge is 2.06. The number of aromatic nitrogens is 3. The van der Waals surface area contributed by atoms with Crippen LogP contribution in [-0.2, 0) is 13.6 Å². The molecule has 18 heavy (non-hydrogen) atoms. The number of hydrogen-bond donors (Lipinski definition) is 1. The van der Waals surface area contributed by atoms with E-state index in [0.29, 0.717) is 0 Å². The first-order valence-electron chi connectivity index (χ1n) is 5.78. The molecule has 0 unspecified atom stereocenters. The summed E-state index contributed by atoms with van der Waals surface area (Å²) in [4.78, 5) is 9.97. The van der Waals surface area contributed by atoms with Crippen molar-refractivity contribution >= 4 is 22.4 Å². The number of nitrogens with one attached hydrogen (secondary N) is 1. The highest BCUT2D eigenvalue weighted by Crippen LogP contribution is 2.28. The van der Waals surface area contributed by atoms with Crippen LogP contribution in [0, 0.1) is 0 Å². The summed E-state index contributed by atoms with van der Waals surface area (Å²) in [5.74, 6) is 0. The van der Waals surface area contributed by atoms with Crippen molar-refractivity contribution in [3.63, 3.8) is 0 Å². The molecule has 1 aromatic carbocycles. The van der Waals surface area contributed by atoms with Gasteiger partial charge in [0.1, 0.15) is 5.01 Å². The predicted octanol–water partition coefficient (Wildman–Crippen LogP) is 2.42. The van der Waals surface area contributed by atoms with Crippen molar-refractivity contribution in [2.24, 2.45) is 7.05 Å². The zero-order valence-electron chi connectivity index (χ0n) is 10.3. The first-order valence-corrected chi connectivity index (χ1v) is 6.60. The summed E-state index contributed by atoms with van der Waals surface area (Å²) >= 11 is 1.72. The number of fused-ring (bicyclic) bond motifs is 1. The lowest BCUT2D eigenvalue weighted by Gasteiger charge is -1.98.